The molecule has 1 aliphatic carbocycles. The summed E-state index contributed by atoms with van der Waals surface area (Å²) >= 11 is 0. The summed E-state index contributed by atoms with van der Waals surface area (Å²) in [5.41, 5.74) is 2.51. The maximum absolute atomic E-state index is 11.5. The lowest BCUT2D eigenvalue weighted by atomic mass is 9.86. The van der Waals surface area contributed by atoms with Crippen LogP contribution < -0.4 is 4.74 Å². The number of ether oxygens (including phenoxy) is 1. The van der Waals surface area contributed by atoms with Gasteiger partial charge in [0.15, 0.2) is 0 Å². The first-order valence-electron chi connectivity index (χ1n) is 6.04. The highest BCUT2D eigenvalue weighted by atomic mass is 16.5. The predicted molar refractivity (Wildman–Crippen MR) is 67.1 cm³/mol. The topological polar surface area (TPSA) is 29.5 Å². The average molecular weight is 233 g/mol. The summed E-state index contributed by atoms with van der Waals surface area (Å²) in [4.78, 5) is 13.3. The second kappa shape index (κ2) is 4.78. The Kier molecular flexibility index (Phi) is 3.36. The molecule has 2 rings (SSSR count). The fourth-order valence-corrected chi connectivity index (χ4v) is 2.60. The van der Waals surface area contributed by atoms with E-state index in [1.807, 2.05) is 24.1 Å². The molecule has 92 valence electrons. The molecule has 3 nitrogen and oxygen atoms in total. The quantitative estimate of drug-likeness (QED) is 0.785. The van der Waals surface area contributed by atoms with E-state index in [1.165, 1.54) is 11.1 Å². The van der Waals surface area contributed by atoms with E-state index in [0.717, 1.165) is 25.0 Å². The van der Waals surface area contributed by atoms with Gasteiger partial charge in [-0.1, -0.05) is 12.1 Å². The van der Waals surface area contributed by atoms with Crippen molar-refractivity contribution in [3.8, 4) is 5.75 Å². The lowest BCUT2D eigenvalue weighted by Crippen LogP contribution is -2.31. The molecule has 0 fully saturated rings. The SMILES string of the molecule is COc1cccc2c1CCCC2N(C)C(C)=O. The molecule has 0 heterocycles. The Morgan fingerprint density at radius 3 is 2.88 bits per heavy atom. The van der Waals surface area contributed by atoms with Crippen molar-refractivity contribution < 1.29 is 9.53 Å². The van der Waals surface area contributed by atoms with Crippen molar-refractivity contribution in [3.05, 3.63) is 29.3 Å². The number of hydrogen-bond acceptors (Lipinski definition) is 2. The number of carbonyl (C=O) groups is 1. The van der Waals surface area contributed by atoms with E-state index in [-0.39, 0.29) is 11.9 Å². The Labute approximate surface area is 102 Å². The number of amides is 1. The standard InChI is InChI=1S/C14H19NO2/c1-10(16)15(2)13-8-4-7-12-11(13)6-5-9-14(12)17-3/h5-6,9,13H,4,7-8H2,1-3H3. The molecule has 1 aromatic rings. The molecule has 1 aliphatic rings. The van der Waals surface area contributed by atoms with Gasteiger partial charge in [0.1, 0.15) is 5.75 Å². The number of nitrogens with zero attached hydrogens (tertiary/aromatic N) is 1. The van der Waals surface area contributed by atoms with Crippen LogP contribution in [0, 0.1) is 0 Å². The molecule has 1 amide bonds. The summed E-state index contributed by atoms with van der Waals surface area (Å²) in [5.74, 6) is 1.06. The number of fused-ring (bicyclic) bond motifs is 1. The maximum atomic E-state index is 11.5. The van der Waals surface area contributed by atoms with Crippen LogP contribution in [-0.2, 0) is 11.2 Å². The molecule has 1 unspecified atom stereocenters. The first-order valence-corrected chi connectivity index (χ1v) is 6.04. The highest BCUT2D eigenvalue weighted by molar-refractivity contribution is 5.73. The third-order valence-corrected chi connectivity index (χ3v) is 3.62. The van der Waals surface area contributed by atoms with Gasteiger partial charge in [0.25, 0.3) is 0 Å². The van der Waals surface area contributed by atoms with Gasteiger partial charge in [-0.2, -0.15) is 0 Å². The van der Waals surface area contributed by atoms with Crippen LogP contribution in [0.2, 0.25) is 0 Å². The van der Waals surface area contributed by atoms with E-state index < -0.39 is 0 Å². The zero-order valence-corrected chi connectivity index (χ0v) is 10.7. The second-order valence-electron chi connectivity index (χ2n) is 4.57. The smallest absolute Gasteiger partial charge is 0.219 e. The molecule has 0 aliphatic heterocycles. The zero-order chi connectivity index (χ0) is 12.4. The Morgan fingerprint density at radius 1 is 1.47 bits per heavy atom. The minimum Gasteiger partial charge on any atom is -0.496 e. The summed E-state index contributed by atoms with van der Waals surface area (Å²) in [5, 5.41) is 0. The monoisotopic (exact) mass is 233 g/mol. The van der Waals surface area contributed by atoms with Crippen LogP contribution >= 0.6 is 0 Å². The molecule has 0 N–H and O–H groups in total. The van der Waals surface area contributed by atoms with Crippen LogP contribution in [0.4, 0.5) is 0 Å². The van der Waals surface area contributed by atoms with Gasteiger partial charge in [0.2, 0.25) is 5.91 Å². The van der Waals surface area contributed by atoms with Gasteiger partial charge < -0.3 is 9.64 Å². The van der Waals surface area contributed by atoms with Crippen molar-refractivity contribution in [2.24, 2.45) is 0 Å². The Morgan fingerprint density at radius 2 is 2.24 bits per heavy atom. The van der Waals surface area contributed by atoms with Crippen LogP contribution in [0.5, 0.6) is 5.75 Å². The molecule has 17 heavy (non-hydrogen) atoms. The van der Waals surface area contributed by atoms with Gasteiger partial charge in [0, 0.05) is 14.0 Å². The highest BCUT2D eigenvalue weighted by Gasteiger charge is 2.26. The molecule has 0 spiro atoms. The molecular formula is C14H19NO2. The third-order valence-electron chi connectivity index (χ3n) is 3.62. The van der Waals surface area contributed by atoms with Gasteiger partial charge in [-0.15, -0.1) is 0 Å². The Balaban J connectivity index is 2.41. The fraction of sp³-hybridized carbons (Fsp3) is 0.500. The van der Waals surface area contributed by atoms with Gasteiger partial charge >= 0.3 is 0 Å². The summed E-state index contributed by atoms with van der Waals surface area (Å²) < 4.78 is 5.40. The first-order chi connectivity index (χ1) is 8.15. The normalized spacial score (nSPS) is 18.4. The fourth-order valence-electron chi connectivity index (χ4n) is 2.60. The lowest BCUT2D eigenvalue weighted by molar-refractivity contribution is -0.130. The lowest BCUT2D eigenvalue weighted by Gasteiger charge is -2.33. The van der Waals surface area contributed by atoms with Gasteiger partial charge in [-0.3, -0.25) is 4.79 Å². The van der Waals surface area contributed by atoms with E-state index in [9.17, 15) is 4.79 Å². The van der Waals surface area contributed by atoms with Gasteiger partial charge in [-0.25, -0.2) is 0 Å². The molecule has 1 aromatic carbocycles. The van der Waals surface area contributed by atoms with E-state index in [4.69, 9.17) is 4.74 Å². The van der Waals surface area contributed by atoms with Crippen molar-refractivity contribution in [2.75, 3.05) is 14.2 Å². The van der Waals surface area contributed by atoms with Crippen molar-refractivity contribution in [1.29, 1.82) is 0 Å². The number of benzene rings is 1. The molecule has 0 radical (unpaired) electrons. The molecule has 0 saturated heterocycles. The van der Waals surface area contributed by atoms with Crippen LogP contribution in [0.15, 0.2) is 18.2 Å². The first kappa shape index (κ1) is 12.0. The largest absolute Gasteiger partial charge is 0.496 e. The summed E-state index contributed by atoms with van der Waals surface area (Å²) in [6, 6.07) is 6.31. The van der Waals surface area contributed by atoms with Crippen LogP contribution in [0.3, 0.4) is 0 Å². The number of methoxy groups -OCH3 is 1. The molecule has 3 heteroatoms. The zero-order valence-electron chi connectivity index (χ0n) is 10.7. The molecular weight excluding hydrogens is 214 g/mol. The Bertz CT molecular complexity index is 428. The van der Waals surface area contributed by atoms with Crippen LogP contribution in [-0.4, -0.2) is 25.0 Å². The summed E-state index contributed by atoms with van der Waals surface area (Å²) in [6.45, 7) is 1.62. The number of hydrogen-bond donors (Lipinski definition) is 0. The minimum atomic E-state index is 0.116. The van der Waals surface area contributed by atoms with E-state index in [2.05, 4.69) is 6.07 Å². The Hall–Kier alpha value is -1.51. The average Bonchev–Trinajstić information content (AvgIpc) is 2.36. The van der Waals surface area contributed by atoms with Gasteiger partial charge in [-0.05, 0) is 36.5 Å². The maximum Gasteiger partial charge on any atom is 0.219 e. The minimum absolute atomic E-state index is 0.116. The van der Waals surface area contributed by atoms with E-state index >= 15 is 0 Å². The second-order valence-corrected chi connectivity index (χ2v) is 4.57. The molecule has 0 aromatic heterocycles. The van der Waals surface area contributed by atoms with Crippen LogP contribution in [0.1, 0.15) is 36.9 Å². The third kappa shape index (κ3) is 2.14. The van der Waals surface area contributed by atoms with Crippen LogP contribution in [0.25, 0.3) is 0 Å². The van der Waals surface area contributed by atoms with Crippen molar-refractivity contribution in [2.45, 2.75) is 32.2 Å². The molecule has 0 saturated carbocycles. The molecule has 0 bridgehead atoms. The highest BCUT2D eigenvalue weighted by Crippen LogP contribution is 2.37. The van der Waals surface area contributed by atoms with E-state index in [0.29, 0.717) is 0 Å². The summed E-state index contributed by atoms with van der Waals surface area (Å²) in [6.07, 6.45) is 3.19. The van der Waals surface area contributed by atoms with E-state index in [1.54, 1.807) is 14.0 Å². The van der Waals surface area contributed by atoms with Crippen molar-refractivity contribution >= 4 is 5.91 Å². The number of carbonyl (C=O) groups excluding carboxylic acids is 1. The number of rotatable bonds is 2. The van der Waals surface area contributed by atoms with Crippen molar-refractivity contribution in [1.82, 2.24) is 4.90 Å². The van der Waals surface area contributed by atoms with Gasteiger partial charge in [0.05, 0.1) is 13.2 Å². The van der Waals surface area contributed by atoms with Crippen molar-refractivity contribution in [3.63, 3.8) is 0 Å². The predicted octanol–water partition coefficient (Wildman–Crippen LogP) is 2.55. The summed E-state index contributed by atoms with van der Waals surface area (Å²) in [7, 11) is 3.58. The molecule has 1 atom stereocenters.